The number of nitrogens with two attached hydrogens (primary N) is 1. The predicted molar refractivity (Wildman–Crippen MR) is 74.8 cm³/mol. The first-order valence-corrected chi connectivity index (χ1v) is 6.71. The van der Waals surface area contributed by atoms with Crippen molar-refractivity contribution in [1.29, 1.82) is 0 Å². The molecule has 2 rings (SSSR count). The number of hydrogen-bond acceptors (Lipinski definition) is 2. The summed E-state index contributed by atoms with van der Waals surface area (Å²) in [6.07, 6.45) is 2.62. The summed E-state index contributed by atoms with van der Waals surface area (Å²) in [5, 5.41) is 0. The van der Waals surface area contributed by atoms with E-state index in [0.29, 0.717) is 6.42 Å². The molecule has 18 heavy (non-hydrogen) atoms. The van der Waals surface area contributed by atoms with Gasteiger partial charge in [-0.2, -0.15) is 0 Å². The highest BCUT2D eigenvalue weighted by Crippen LogP contribution is 2.34. The number of benzene rings is 1. The monoisotopic (exact) mass is 245 g/mol. The molecule has 0 radical (unpaired) electrons. The van der Waals surface area contributed by atoms with E-state index in [0.717, 1.165) is 24.0 Å². The van der Waals surface area contributed by atoms with Crippen molar-refractivity contribution in [2.75, 3.05) is 0 Å². The molecule has 2 nitrogen and oxygen atoms in total. The Hall–Kier alpha value is -1.15. The first-order chi connectivity index (χ1) is 8.29. The van der Waals surface area contributed by atoms with Gasteiger partial charge in [0.15, 0.2) is 5.78 Å². The third kappa shape index (κ3) is 2.49. The van der Waals surface area contributed by atoms with Crippen molar-refractivity contribution in [3.63, 3.8) is 0 Å². The molecule has 1 aliphatic carbocycles. The van der Waals surface area contributed by atoms with Crippen LogP contribution >= 0.6 is 0 Å². The van der Waals surface area contributed by atoms with Crippen LogP contribution < -0.4 is 5.73 Å². The zero-order valence-corrected chi connectivity index (χ0v) is 11.8. The largest absolute Gasteiger partial charge is 0.324 e. The highest BCUT2D eigenvalue weighted by atomic mass is 16.1. The lowest BCUT2D eigenvalue weighted by Crippen LogP contribution is -2.15. The number of hydrogen-bond donors (Lipinski definition) is 1. The fourth-order valence-corrected chi connectivity index (χ4v) is 2.79. The smallest absolute Gasteiger partial charge is 0.163 e. The van der Waals surface area contributed by atoms with Crippen molar-refractivity contribution < 1.29 is 4.79 Å². The third-order valence-electron chi connectivity index (χ3n) is 3.73. The maximum absolute atomic E-state index is 12.3. The van der Waals surface area contributed by atoms with Crippen molar-refractivity contribution in [1.82, 2.24) is 0 Å². The van der Waals surface area contributed by atoms with Crippen LogP contribution in [-0.2, 0) is 6.42 Å². The molecule has 0 fully saturated rings. The van der Waals surface area contributed by atoms with E-state index in [1.54, 1.807) is 0 Å². The second kappa shape index (κ2) is 4.51. The van der Waals surface area contributed by atoms with Crippen molar-refractivity contribution in [3.8, 4) is 0 Å². The van der Waals surface area contributed by atoms with Gasteiger partial charge >= 0.3 is 0 Å². The summed E-state index contributed by atoms with van der Waals surface area (Å²) >= 11 is 0. The van der Waals surface area contributed by atoms with Gasteiger partial charge in [-0.3, -0.25) is 4.79 Å². The van der Waals surface area contributed by atoms with Crippen LogP contribution in [0.15, 0.2) is 12.1 Å². The molecule has 1 aromatic rings. The highest BCUT2D eigenvalue weighted by molar-refractivity contribution is 5.98. The van der Waals surface area contributed by atoms with Crippen molar-refractivity contribution in [3.05, 3.63) is 34.4 Å². The maximum atomic E-state index is 12.3. The lowest BCUT2D eigenvalue weighted by Gasteiger charge is -2.18. The van der Waals surface area contributed by atoms with E-state index in [2.05, 4.69) is 33.8 Å². The van der Waals surface area contributed by atoms with Gasteiger partial charge in [-0.25, -0.2) is 0 Å². The van der Waals surface area contributed by atoms with E-state index in [1.807, 2.05) is 6.07 Å². The average molecular weight is 245 g/mol. The minimum Gasteiger partial charge on any atom is -0.324 e. The number of carbonyl (C=O) groups is 1. The van der Waals surface area contributed by atoms with Gasteiger partial charge in [-0.1, -0.05) is 32.9 Å². The van der Waals surface area contributed by atoms with Gasteiger partial charge < -0.3 is 5.73 Å². The highest BCUT2D eigenvalue weighted by Gasteiger charge is 2.25. The number of ketones is 1. The summed E-state index contributed by atoms with van der Waals surface area (Å²) in [4.78, 5) is 12.3. The second-order valence-electron chi connectivity index (χ2n) is 6.61. The molecule has 98 valence electrons. The Bertz CT molecular complexity index is 483. The van der Waals surface area contributed by atoms with Crippen LogP contribution in [0.2, 0.25) is 0 Å². The maximum Gasteiger partial charge on any atom is 0.163 e. The molecule has 0 aliphatic heterocycles. The molecule has 1 aliphatic rings. The van der Waals surface area contributed by atoms with Gasteiger partial charge in [-0.05, 0) is 41.9 Å². The van der Waals surface area contributed by atoms with Gasteiger partial charge in [0.05, 0.1) is 0 Å². The van der Waals surface area contributed by atoms with Crippen molar-refractivity contribution in [2.45, 2.75) is 53.0 Å². The molecule has 0 bridgehead atoms. The molecular formula is C16H23NO. The lowest BCUT2D eigenvalue weighted by molar-refractivity contribution is 0.0939. The number of fused-ring (bicyclic) bond motifs is 1. The van der Waals surface area contributed by atoms with E-state index in [1.165, 1.54) is 11.1 Å². The topological polar surface area (TPSA) is 43.1 Å². The standard InChI is InChI=1S/C16H23NO/c1-10-11-7-8-14(17)13(11)6-5-12(10)15(18)9-16(2,3)4/h5-6,14H,7-9,17H2,1-4H3/t14-/m0/s1. The quantitative estimate of drug-likeness (QED) is 0.810. The van der Waals surface area contributed by atoms with Crippen molar-refractivity contribution >= 4 is 5.78 Å². The molecule has 0 unspecified atom stereocenters. The van der Waals surface area contributed by atoms with Crippen LogP contribution in [0.3, 0.4) is 0 Å². The fourth-order valence-electron chi connectivity index (χ4n) is 2.79. The first kappa shape index (κ1) is 13.3. The summed E-state index contributed by atoms with van der Waals surface area (Å²) in [6, 6.07) is 4.18. The predicted octanol–water partition coefficient (Wildman–Crippen LogP) is 3.56. The Morgan fingerprint density at radius 3 is 2.67 bits per heavy atom. The van der Waals surface area contributed by atoms with Crippen LogP contribution in [0.4, 0.5) is 0 Å². The average Bonchev–Trinajstić information content (AvgIpc) is 2.59. The Labute approximate surface area is 110 Å². The molecule has 0 saturated carbocycles. The van der Waals surface area contributed by atoms with Gasteiger partial charge in [0.2, 0.25) is 0 Å². The third-order valence-corrected chi connectivity index (χ3v) is 3.73. The number of rotatable bonds is 2. The molecule has 0 spiro atoms. The molecule has 2 N–H and O–H groups in total. The zero-order chi connectivity index (χ0) is 13.5. The number of Topliss-reactive ketones (excluding diaryl/α,β-unsaturated/α-hetero) is 1. The zero-order valence-electron chi connectivity index (χ0n) is 11.8. The summed E-state index contributed by atoms with van der Waals surface area (Å²) < 4.78 is 0. The summed E-state index contributed by atoms with van der Waals surface area (Å²) in [5.74, 6) is 0.253. The van der Waals surface area contributed by atoms with E-state index < -0.39 is 0 Å². The normalized spacial score (nSPS) is 18.8. The van der Waals surface area contributed by atoms with Crippen LogP contribution in [0.5, 0.6) is 0 Å². The Balaban J connectivity index is 2.34. The SMILES string of the molecule is Cc1c(C(=O)CC(C)(C)C)ccc2c1CC[C@@H]2N. The minimum absolute atomic E-state index is 0.0406. The summed E-state index contributed by atoms with van der Waals surface area (Å²) in [5.41, 5.74) is 10.7. The van der Waals surface area contributed by atoms with Gasteiger partial charge in [-0.15, -0.1) is 0 Å². The number of carbonyl (C=O) groups excluding carboxylic acids is 1. The molecule has 0 heterocycles. The molecule has 0 aromatic heterocycles. The molecular weight excluding hydrogens is 222 g/mol. The van der Waals surface area contributed by atoms with Crippen LogP contribution in [0.1, 0.15) is 66.7 Å². The van der Waals surface area contributed by atoms with Gasteiger partial charge in [0.25, 0.3) is 0 Å². The Kier molecular flexibility index (Phi) is 3.33. The molecule has 0 amide bonds. The fraction of sp³-hybridized carbons (Fsp3) is 0.562. The lowest BCUT2D eigenvalue weighted by atomic mass is 9.85. The van der Waals surface area contributed by atoms with Crippen LogP contribution in [-0.4, -0.2) is 5.78 Å². The molecule has 2 heteroatoms. The van der Waals surface area contributed by atoms with Crippen LogP contribution in [0.25, 0.3) is 0 Å². The molecule has 1 atom stereocenters. The van der Waals surface area contributed by atoms with E-state index in [-0.39, 0.29) is 17.2 Å². The Morgan fingerprint density at radius 2 is 2.06 bits per heavy atom. The van der Waals surface area contributed by atoms with Crippen molar-refractivity contribution in [2.24, 2.45) is 11.1 Å². The second-order valence-corrected chi connectivity index (χ2v) is 6.61. The first-order valence-electron chi connectivity index (χ1n) is 6.71. The molecule has 1 aromatic carbocycles. The molecule has 0 saturated heterocycles. The summed E-state index contributed by atoms with van der Waals surface area (Å²) in [7, 11) is 0. The Morgan fingerprint density at radius 1 is 1.39 bits per heavy atom. The van der Waals surface area contributed by atoms with Gasteiger partial charge in [0, 0.05) is 18.0 Å². The van der Waals surface area contributed by atoms with Gasteiger partial charge in [0.1, 0.15) is 0 Å². The minimum atomic E-state index is 0.0406. The van der Waals surface area contributed by atoms with Crippen LogP contribution in [0, 0.1) is 12.3 Å². The van der Waals surface area contributed by atoms with E-state index in [9.17, 15) is 4.79 Å². The summed E-state index contributed by atoms with van der Waals surface area (Å²) in [6.45, 7) is 8.36. The van der Waals surface area contributed by atoms with E-state index in [4.69, 9.17) is 5.73 Å². The van der Waals surface area contributed by atoms with E-state index >= 15 is 0 Å².